The van der Waals surface area contributed by atoms with Crippen LogP contribution in [-0.4, -0.2) is 24.9 Å². The topological polar surface area (TPSA) is 38.3 Å². The van der Waals surface area contributed by atoms with Crippen LogP contribution >= 0.6 is 0 Å². The standard InChI is InChI=1S/C11H20FNO2/c1-11(2,3)15-10(14)13-7-9-5-4-8(9)6-12/h8-9H,4-7H2,1-3H3,(H,13,14)/t8-,9-/m1/s1. The highest BCUT2D eigenvalue weighted by molar-refractivity contribution is 5.67. The Balaban J connectivity index is 2.17. The van der Waals surface area contributed by atoms with Crippen LogP contribution < -0.4 is 5.32 Å². The van der Waals surface area contributed by atoms with E-state index in [1.807, 2.05) is 20.8 Å². The summed E-state index contributed by atoms with van der Waals surface area (Å²) in [6.07, 6.45) is 1.54. The maximum atomic E-state index is 12.3. The molecule has 2 atom stereocenters. The van der Waals surface area contributed by atoms with Crippen LogP contribution in [0.15, 0.2) is 0 Å². The van der Waals surface area contributed by atoms with Crippen LogP contribution in [0.25, 0.3) is 0 Å². The Morgan fingerprint density at radius 1 is 1.40 bits per heavy atom. The molecule has 0 aromatic heterocycles. The van der Waals surface area contributed by atoms with Crippen molar-refractivity contribution >= 4 is 6.09 Å². The molecule has 1 saturated carbocycles. The van der Waals surface area contributed by atoms with E-state index >= 15 is 0 Å². The zero-order chi connectivity index (χ0) is 11.5. The molecular formula is C11H20FNO2. The molecular weight excluding hydrogens is 197 g/mol. The highest BCUT2D eigenvalue weighted by Gasteiger charge is 2.31. The summed E-state index contributed by atoms with van der Waals surface area (Å²) >= 11 is 0. The number of amides is 1. The first-order valence-electron chi connectivity index (χ1n) is 5.45. The largest absolute Gasteiger partial charge is 0.444 e. The minimum atomic E-state index is -0.469. The number of alkyl halides is 1. The van der Waals surface area contributed by atoms with E-state index in [9.17, 15) is 9.18 Å². The van der Waals surface area contributed by atoms with Gasteiger partial charge < -0.3 is 10.1 Å². The molecule has 0 bridgehead atoms. The fraction of sp³-hybridized carbons (Fsp3) is 0.909. The summed E-state index contributed by atoms with van der Waals surface area (Å²) in [6, 6.07) is 0. The lowest BCUT2D eigenvalue weighted by molar-refractivity contribution is 0.0480. The highest BCUT2D eigenvalue weighted by atomic mass is 19.1. The van der Waals surface area contributed by atoms with Crippen molar-refractivity contribution in [1.29, 1.82) is 0 Å². The molecule has 0 heterocycles. The summed E-state index contributed by atoms with van der Waals surface area (Å²) < 4.78 is 17.4. The molecule has 0 aliphatic heterocycles. The van der Waals surface area contributed by atoms with Gasteiger partial charge in [0.15, 0.2) is 0 Å². The van der Waals surface area contributed by atoms with Crippen molar-refractivity contribution in [3.63, 3.8) is 0 Å². The number of alkyl carbamates (subject to hydrolysis) is 1. The molecule has 3 nitrogen and oxygen atoms in total. The molecule has 15 heavy (non-hydrogen) atoms. The van der Waals surface area contributed by atoms with Gasteiger partial charge in [-0.3, -0.25) is 4.39 Å². The van der Waals surface area contributed by atoms with Gasteiger partial charge in [0.1, 0.15) is 5.60 Å². The molecule has 4 heteroatoms. The van der Waals surface area contributed by atoms with Gasteiger partial charge in [0.05, 0.1) is 6.67 Å². The SMILES string of the molecule is CC(C)(C)OC(=O)NC[C@H]1CC[C@@H]1CF. The molecule has 1 N–H and O–H groups in total. The van der Waals surface area contributed by atoms with Crippen LogP contribution in [0.3, 0.4) is 0 Å². The number of hydrogen-bond donors (Lipinski definition) is 1. The minimum Gasteiger partial charge on any atom is -0.444 e. The van der Waals surface area contributed by atoms with Crippen LogP contribution in [-0.2, 0) is 4.74 Å². The number of ether oxygens (including phenoxy) is 1. The lowest BCUT2D eigenvalue weighted by Crippen LogP contribution is -2.40. The molecule has 0 aromatic carbocycles. The molecule has 0 spiro atoms. The van der Waals surface area contributed by atoms with Crippen molar-refractivity contribution in [2.24, 2.45) is 11.8 Å². The van der Waals surface area contributed by atoms with E-state index in [2.05, 4.69) is 5.32 Å². The Bertz CT molecular complexity index is 223. The predicted octanol–water partition coefficient (Wildman–Crippen LogP) is 2.51. The lowest BCUT2D eigenvalue weighted by Gasteiger charge is -2.34. The fourth-order valence-electron chi connectivity index (χ4n) is 1.64. The van der Waals surface area contributed by atoms with Gasteiger partial charge in [-0.05, 0) is 45.4 Å². The van der Waals surface area contributed by atoms with E-state index in [4.69, 9.17) is 4.74 Å². The summed E-state index contributed by atoms with van der Waals surface area (Å²) in [5, 5.41) is 2.68. The van der Waals surface area contributed by atoms with Gasteiger partial charge in [-0.1, -0.05) is 0 Å². The molecule has 0 unspecified atom stereocenters. The monoisotopic (exact) mass is 217 g/mol. The average molecular weight is 217 g/mol. The van der Waals surface area contributed by atoms with E-state index in [0.717, 1.165) is 12.8 Å². The fourth-order valence-corrected chi connectivity index (χ4v) is 1.64. The third-order valence-electron chi connectivity index (χ3n) is 2.68. The maximum Gasteiger partial charge on any atom is 0.407 e. The van der Waals surface area contributed by atoms with E-state index in [1.165, 1.54) is 0 Å². The molecule has 0 saturated heterocycles. The second kappa shape index (κ2) is 4.81. The van der Waals surface area contributed by atoms with Crippen LogP contribution in [0.4, 0.5) is 9.18 Å². The summed E-state index contributed by atoms with van der Waals surface area (Å²) in [7, 11) is 0. The number of hydrogen-bond acceptors (Lipinski definition) is 2. The lowest BCUT2D eigenvalue weighted by atomic mass is 9.74. The van der Waals surface area contributed by atoms with E-state index < -0.39 is 11.7 Å². The Morgan fingerprint density at radius 3 is 2.40 bits per heavy atom. The van der Waals surface area contributed by atoms with Crippen molar-refractivity contribution in [1.82, 2.24) is 5.32 Å². The Hall–Kier alpha value is -0.800. The van der Waals surface area contributed by atoms with E-state index in [-0.39, 0.29) is 12.6 Å². The summed E-state index contributed by atoms with van der Waals surface area (Å²) in [4.78, 5) is 11.3. The number of halogens is 1. The third-order valence-corrected chi connectivity index (χ3v) is 2.68. The normalized spacial score (nSPS) is 25.6. The van der Waals surface area contributed by atoms with Crippen molar-refractivity contribution in [3.05, 3.63) is 0 Å². The van der Waals surface area contributed by atoms with Crippen LogP contribution in [0.1, 0.15) is 33.6 Å². The molecule has 0 aromatic rings. The Kier molecular flexibility index (Phi) is 3.94. The number of carbonyl (C=O) groups excluding carboxylic acids is 1. The van der Waals surface area contributed by atoms with Crippen LogP contribution in [0.5, 0.6) is 0 Å². The molecule has 1 aliphatic rings. The zero-order valence-corrected chi connectivity index (χ0v) is 9.68. The van der Waals surface area contributed by atoms with Crippen molar-refractivity contribution < 1.29 is 13.9 Å². The van der Waals surface area contributed by atoms with Crippen LogP contribution in [0.2, 0.25) is 0 Å². The molecule has 1 aliphatic carbocycles. The van der Waals surface area contributed by atoms with Gasteiger partial charge in [0, 0.05) is 6.54 Å². The first-order valence-corrected chi connectivity index (χ1v) is 5.45. The smallest absolute Gasteiger partial charge is 0.407 e. The van der Waals surface area contributed by atoms with Crippen molar-refractivity contribution in [2.75, 3.05) is 13.2 Å². The van der Waals surface area contributed by atoms with Crippen molar-refractivity contribution in [2.45, 2.75) is 39.2 Å². The molecule has 1 fully saturated rings. The molecule has 88 valence electrons. The zero-order valence-electron chi connectivity index (χ0n) is 9.68. The molecule has 0 radical (unpaired) electrons. The quantitative estimate of drug-likeness (QED) is 0.788. The molecule has 1 amide bonds. The number of carbonyl (C=O) groups is 1. The van der Waals surface area contributed by atoms with Crippen molar-refractivity contribution in [3.8, 4) is 0 Å². The first kappa shape index (κ1) is 12.3. The third kappa shape index (κ3) is 4.06. The number of nitrogens with one attached hydrogen (secondary N) is 1. The second-order valence-corrected chi connectivity index (χ2v) is 5.13. The van der Waals surface area contributed by atoms with Gasteiger partial charge in [0.2, 0.25) is 0 Å². The first-order chi connectivity index (χ1) is 6.92. The van der Waals surface area contributed by atoms with Gasteiger partial charge in [-0.25, -0.2) is 4.79 Å². The average Bonchev–Trinajstić information content (AvgIpc) is 1.99. The Morgan fingerprint density at radius 2 is 2.00 bits per heavy atom. The second-order valence-electron chi connectivity index (χ2n) is 5.13. The maximum absolute atomic E-state index is 12.3. The van der Waals surface area contributed by atoms with E-state index in [0.29, 0.717) is 12.5 Å². The summed E-state index contributed by atoms with van der Waals surface area (Å²) in [6.45, 7) is 5.71. The predicted molar refractivity (Wildman–Crippen MR) is 56.4 cm³/mol. The summed E-state index contributed by atoms with van der Waals surface area (Å²) in [5.41, 5.74) is -0.469. The van der Waals surface area contributed by atoms with Gasteiger partial charge in [0.25, 0.3) is 0 Å². The minimum absolute atomic E-state index is 0.139. The van der Waals surface area contributed by atoms with E-state index in [1.54, 1.807) is 0 Å². The van der Waals surface area contributed by atoms with Gasteiger partial charge >= 0.3 is 6.09 Å². The molecule has 1 rings (SSSR count). The van der Waals surface area contributed by atoms with Crippen LogP contribution in [0, 0.1) is 11.8 Å². The summed E-state index contributed by atoms with van der Waals surface area (Å²) in [5.74, 6) is 0.433. The van der Waals surface area contributed by atoms with Gasteiger partial charge in [-0.15, -0.1) is 0 Å². The van der Waals surface area contributed by atoms with Gasteiger partial charge in [-0.2, -0.15) is 0 Å². The highest BCUT2D eigenvalue weighted by Crippen LogP contribution is 2.33. The number of rotatable bonds is 3. The Labute approximate surface area is 90.4 Å².